The lowest BCUT2D eigenvalue weighted by atomic mass is 10.2. The molecule has 0 amide bonds. The van der Waals surface area contributed by atoms with Crippen LogP contribution in [0, 0.1) is 17.1 Å². The van der Waals surface area contributed by atoms with E-state index in [9.17, 15) is 9.18 Å². The molecule has 2 aromatic carbocycles. The van der Waals surface area contributed by atoms with Crippen LogP contribution < -0.4 is 9.47 Å². The van der Waals surface area contributed by atoms with Crippen molar-refractivity contribution in [1.29, 1.82) is 5.26 Å². The van der Waals surface area contributed by atoms with Gasteiger partial charge >= 0.3 is 5.97 Å². The molecule has 3 rings (SSSR count). The van der Waals surface area contributed by atoms with E-state index in [1.807, 2.05) is 6.07 Å². The SMILES string of the molecule is COc1cc(C#N)ccc1OC(=O)c1sc2cc(F)ccc2c1Cl. The summed E-state index contributed by atoms with van der Waals surface area (Å²) >= 11 is 7.25. The number of nitriles is 1. The van der Waals surface area contributed by atoms with E-state index in [2.05, 4.69) is 0 Å². The lowest BCUT2D eigenvalue weighted by Crippen LogP contribution is -2.08. The zero-order valence-corrected chi connectivity index (χ0v) is 13.9. The molecular weight excluding hydrogens is 353 g/mol. The van der Waals surface area contributed by atoms with Gasteiger partial charge in [0.25, 0.3) is 0 Å². The second kappa shape index (κ2) is 6.48. The number of thiophene rings is 1. The summed E-state index contributed by atoms with van der Waals surface area (Å²) in [6.07, 6.45) is 0. The summed E-state index contributed by atoms with van der Waals surface area (Å²) in [6, 6.07) is 10.5. The van der Waals surface area contributed by atoms with Crippen LogP contribution in [0.2, 0.25) is 5.02 Å². The number of hydrogen-bond acceptors (Lipinski definition) is 5. The van der Waals surface area contributed by atoms with Gasteiger partial charge < -0.3 is 9.47 Å². The number of methoxy groups -OCH3 is 1. The number of esters is 1. The molecule has 0 aliphatic heterocycles. The van der Waals surface area contributed by atoms with Crippen LogP contribution in [-0.2, 0) is 0 Å². The van der Waals surface area contributed by atoms with Gasteiger partial charge in [-0.25, -0.2) is 9.18 Å². The predicted octanol–water partition coefficient (Wildman–Crippen LogP) is 4.79. The van der Waals surface area contributed by atoms with Crippen molar-refractivity contribution in [2.24, 2.45) is 0 Å². The molecule has 0 aliphatic rings. The summed E-state index contributed by atoms with van der Waals surface area (Å²) in [5.74, 6) is -0.661. The van der Waals surface area contributed by atoms with Gasteiger partial charge in [0.2, 0.25) is 0 Å². The molecule has 4 nitrogen and oxygen atoms in total. The highest BCUT2D eigenvalue weighted by Gasteiger charge is 2.21. The first-order valence-corrected chi connectivity index (χ1v) is 7.91. The number of ether oxygens (including phenoxy) is 2. The monoisotopic (exact) mass is 361 g/mol. The summed E-state index contributed by atoms with van der Waals surface area (Å²) in [7, 11) is 1.41. The first-order chi connectivity index (χ1) is 11.5. The molecule has 120 valence electrons. The van der Waals surface area contributed by atoms with E-state index in [1.54, 1.807) is 0 Å². The van der Waals surface area contributed by atoms with Crippen molar-refractivity contribution in [1.82, 2.24) is 0 Å². The van der Waals surface area contributed by atoms with Crippen LogP contribution >= 0.6 is 22.9 Å². The number of carbonyl (C=O) groups is 1. The van der Waals surface area contributed by atoms with Crippen LogP contribution in [0.5, 0.6) is 11.5 Å². The second-order valence-electron chi connectivity index (χ2n) is 4.75. The van der Waals surface area contributed by atoms with Crippen molar-refractivity contribution in [2.45, 2.75) is 0 Å². The molecule has 3 aromatic rings. The molecule has 1 aromatic heterocycles. The highest BCUT2D eigenvalue weighted by molar-refractivity contribution is 7.21. The fraction of sp³-hybridized carbons (Fsp3) is 0.0588. The molecule has 0 aliphatic carbocycles. The second-order valence-corrected chi connectivity index (χ2v) is 6.18. The minimum atomic E-state index is -0.676. The normalized spacial score (nSPS) is 10.4. The summed E-state index contributed by atoms with van der Waals surface area (Å²) < 4.78 is 24.3. The van der Waals surface area contributed by atoms with Gasteiger partial charge in [0.15, 0.2) is 11.5 Å². The van der Waals surface area contributed by atoms with Gasteiger partial charge in [-0.1, -0.05) is 11.6 Å². The lowest BCUT2D eigenvalue weighted by Gasteiger charge is -2.08. The number of nitrogens with zero attached hydrogens (tertiary/aromatic N) is 1. The molecule has 0 saturated heterocycles. The number of benzene rings is 2. The summed E-state index contributed by atoms with van der Waals surface area (Å²) in [6.45, 7) is 0. The molecule has 0 radical (unpaired) electrons. The van der Waals surface area contributed by atoms with Gasteiger partial charge in [-0.15, -0.1) is 11.3 Å². The van der Waals surface area contributed by atoms with E-state index in [-0.39, 0.29) is 21.4 Å². The number of carbonyl (C=O) groups excluding carboxylic acids is 1. The highest BCUT2D eigenvalue weighted by atomic mass is 35.5. The van der Waals surface area contributed by atoms with E-state index in [1.165, 1.54) is 43.5 Å². The first-order valence-electron chi connectivity index (χ1n) is 6.71. The summed E-state index contributed by atoms with van der Waals surface area (Å²) in [5.41, 5.74) is 0.377. The molecule has 1 heterocycles. The maximum atomic E-state index is 13.3. The number of hydrogen-bond donors (Lipinski definition) is 0. The molecule has 0 fully saturated rings. The molecule has 0 bridgehead atoms. The fourth-order valence-electron chi connectivity index (χ4n) is 2.14. The smallest absolute Gasteiger partial charge is 0.355 e. The topological polar surface area (TPSA) is 59.3 Å². The Labute approximate surface area is 145 Å². The van der Waals surface area contributed by atoms with Crippen LogP contribution in [-0.4, -0.2) is 13.1 Å². The van der Waals surface area contributed by atoms with Crippen LogP contribution in [0.25, 0.3) is 10.1 Å². The van der Waals surface area contributed by atoms with Crippen LogP contribution in [0.3, 0.4) is 0 Å². The molecule has 0 saturated carbocycles. The third-order valence-electron chi connectivity index (χ3n) is 3.27. The molecule has 7 heteroatoms. The van der Waals surface area contributed by atoms with Gasteiger partial charge in [-0.05, 0) is 30.3 Å². The molecule has 0 unspecified atom stereocenters. The van der Waals surface area contributed by atoms with Gasteiger partial charge in [0, 0.05) is 16.2 Å². The Balaban J connectivity index is 1.96. The molecule has 24 heavy (non-hydrogen) atoms. The molecule has 0 N–H and O–H groups in total. The zero-order chi connectivity index (χ0) is 17.3. The maximum Gasteiger partial charge on any atom is 0.355 e. The van der Waals surface area contributed by atoms with Gasteiger partial charge in [0.05, 0.1) is 23.8 Å². The van der Waals surface area contributed by atoms with Crippen molar-refractivity contribution in [3.05, 3.63) is 57.7 Å². The minimum Gasteiger partial charge on any atom is -0.493 e. The quantitative estimate of drug-likeness (QED) is 0.497. The fourth-order valence-corrected chi connectivity index (χ4v) is 3.55. The summed E-state index contributed by atoms with van der Waals surface area (Å²) in [5, 5.41) is 9.69. The number of fused-ring (bicyclic) bond motifs is 1. The average molecular weight is 362 g/mol. The zero-order valence-electron chi connectivity index (χ0n) is 12.3. The number of rotatable bonds is 3. The number of halogens is 2. The van der Waals surface area contributed by atoms with Gasteiger partial charge in [0.1, 0.15) is 10.7 Å². The maximum absolute atomic E-state index is 13.3. The Morgan fingerprint density at radius 3 is 2.75 bits per heavy atom. The molecule has 0 spiro atoms. The van der Waals surface area contributed by atoms with Crippen LogP contribution in [0.1, 0.15) is 15.2 Å². The Kier molecular flexibility index (Phi) is 4.38. The lowest BCUT2D eigenvalue weighted by molar-refractivity contribution is 0.0735. The van der Waals surface area contributed by atoms with E-state index in [0.29, 0.717) is 15.6 Å². The van der Waals surface area contributed by atoms with Crippen molar-refractivity contribution in [3.63, 3.8) is 0 Å². The Morgan fingerprint density at radius 2 is 2.04 bits per heavy atom. The van der Waals surface area contributed by atoms with E-state index in [4.69, 9.17) is 26.3 Å². The molecule has 0 atom stereocenters. The minimum absolute atomic E-state index is 0.168. The van der Waals surface area contributed by atoms with E-state index < -0.39 is 11.8 Å². The standard InChI is InChI=1S/C17H9ClFNO3S/c1-22-13-6-9(8-20)2-5-12(13)23-17(21)16-15(18)11-4-3-10(19)7-14(11)24-16/h2-7H,1H3. The van der Waals surface area contributed by atoms with Crippen LogP contribution in [0.4, 0.5) is 4.39 Å². The van der Waals surface area contributed by atoms with E-state index >= 15 is 0 Å². The van der Waals surface area contributed by atoms with Gasteiger partial charge in [-0.3, -0.25) is 0 Å². The first kappa shape index (κ1) is 16.2. The Morgan fingerprint density at radius 1 is 1.25 bits per heavy atom. The Hall–Kier alpha value is -2.62. The largest absolute Gasteiger partial charge is 0.493 e. The van der Waals surface area contributed by atoms with Crippen molar-refractivity contribution in [3.8, 4) is 17.6 Å². The average Bonchev–Trinajstić information content (AvgIpc) is 2.91. The third-order valence-corrected chi connectivity index (χ3v) is 4.91. The Bertz CT molecular complexity index is 993. The highest BCUT2D eigenvalue weighted by Crippen LogP contribution is 2.37. The van der Waals surface area contributed by atoms with Crippen molar-refractivity contribution < 1.29 is 18.7 Å². The summed E-state index contributed by atoms with van der Waals surface area (Å²) in [4.78, 5) is 12.6. The van der Waals surface area contributed by atoms with E-state index in [0.717, 1.165) is 11.3 Å². The van der Waals surface area contributed by atoms with Crippen molar-refractivity contribution >= 4 is 39.0 Å². The predicted molar refractivity (Wildman–Crippen MR) is 89.5 cm³/mol. The molecular formula is C17H9ClFNO3S. The third kappa shape index (κ3) is 2.92. The van der Waals surface area contributed by atoms with Crippen LogP contribution in [0.15, 0.2) is 36.4 Å². The van der Waals surface area contributed by atoms with Crippen molar-refractivity contribution in [2.75, 3.05) is 7.11 Å². The van der Waals surface area contributed by atoms with Gasteiger partial charge in [-0.2, -0.15) is 5.26 Å².